The van der Waals surface area contributed by atoms with E-state index in [0.717, 1.165) is 44.0 Å². The third-order valence-corrected chi connectivity index (χ3v) is 7.34. The Labute approximate surface area is 201 Å². The maximum absolute atomic E-state index is 13.4. The van der Waals surface area contributed by atoms with Crippen LogP contribution >= 0.6 is 0 Å². The van der Waals surface area contributed by atoms with E-state index < -0.39 is 6.29 Å². The fraction of sp³-hybridized carbons (Fsp3) is 0.654. The Kier molecular flexibility index (Phi) is 7.27. The molecular formula is C26H36N2O6. The molecule has 0 spiro atoms. The first kappa shape index (κ1) is 23.5. The van der Waals surface area contributed by atoms with Crippen LogP contribution in [-0.4, -0.2) is 73.3 Å². The van der Waals surface area contributed by atoms with Gasteiger partial charge in [-0.25, -0.2) is 0 Å². The molecule has 3 aliphatic heterocycles. The van der Waals surface area contributed by atoms with E-state index in [2.05, 4.69) is 17.0 Å². The Morgan fingerprint density at radius 2 is 1.94 bits per heavy atom. The van der Waals surface area contributed by atoms with Gasteiger partial charge in [-0.2, -0.15) is 0 Å². The second-order valence-electron chi connectivity index (χ2n) is 9.67. The summed E-state index contributed by atoms with van der Waals surface area (Å²) in [5.41, 5.74) is 1.18. The van der Waals surface area contributed by atoms with Crippen LogP contribution in [-0.2, 0) is 20.8 Å². The lowest BCUT2D eigenvalue weighted by Crippen LogP contribution is -2.50. The van der Waals surface area contributed by atoms with E-state index in [9.17, 15) is 9.90 Å². The van der Waals surface area contributed by atoms with E-state index in [1.165, 1.54) is 18.4 Å². The molecule has 2 fully saturated rings. The minimum absolute atomic E-state index is 0.0290. The van der Waals surface area contributed by atoms with Gasteiger partial charge in [-0.05, 0) is 68.2 Å². The van der Waals surface area contributed by atoms with Crippen LogP contribution in [0.5, 0.6) is 11.5 Å². The van der Waals surface area contributed by atoms with Crippen molar-refractivity contribution in [3.63, 3.8) is 0 Å². The highest BCUT2D eigenvalue weighted by molar-refractivity contribution is 5.91. The molecule has 1 saturated heterocycles. The fourth-order valence-electron chi connectivity index (χ4n) is 5.36. The number of fused-ring (bicyclic) bond motifs is 1. The molecular weight excluding hydrogens is 436 g/mol. The summed E-state index contributed by atoms with van der Waals surface area (Å²) in [6.45, 7) is 6.73. The van der Waals surface area contributed by atoms with Gasteiger partial charge in [0.25, 0.3) is 5.91 Å². The van der Waals surface area contributed by atoms with Crippen LogP contribution in [0.2, 0.25) is 0 Å². The second kappa shape index (κ2) is 10.5. The Morgan fingerprint density at radius 1 is 1.15 bits per heavy atom. The van der Waals surface area contributed by atoms with E-state index in [1.54, 1.807) is 0 Å². The van der Waals surface area contributed by atoms with Crippen molar-refractivity contribution in [1.82, 2.24) is 9.80 Å². The normalized spacial score (nSPS) is 26.8. The first-order valence-electron chi connectivity index (χ1n) is 12.7. The van der Waals surface area contributed by atoms with Gasteiger partial charge in [-0.3, -0.25) is 9.69 Å². The third-order valence-electron chi connectivity index (χ3n) is 7.34. The van der Waals surface area contributed by atoms with Gasteiger partial charge in [0, 0.05) is 51.9 Å². The first-order chi connectivity index (χ1) is 16.7. The molecule has 8 nitrogen and oxygen atoms in total. The van der Waals surface area contributed by atoms with Crippen LogP contribution in [0, 0.1) is 17.8 Å². The van der Waals surface area contributed by atoms with Gasteiger partial charge in [0.15, 0.2) is 17.3 Å². The van der Waals surface area contributed by atoms with Crippen molar-refractivity contribution in [2.75, 3.05) is 46.2 Å². The molecule has 0 radical (unpaired) electrons. The zero-order valence-electron chi connectivity index (χ0n) is 20.0. The average Bonchev–Trinajstić information content (AvgIpc) is 3.60. The monoisotopic (exact) mass is 472 g/mol. The van der Waals surface area contributed by atoms with Gasteiger partial charge in [0.2, 0.25) is 13.1 Å². The quantitative estimate of drug-likeness (QED) is 0.592. The molecule has 1 N–H and O–H groups in total. The van der Waals surface area contributed by atoms with E-state index >= 15 is 0 Å². The van der Waals surface area contributed by atoms with Gasteiger partial charge in [0.05, 0.1) is 0 Å². The number of aliphatic hydroxyl groups excluding tert-OH is 1. The molecule has 186 valence electrons. The largest absolute Gasteiger partial charge is 0.459 e. The number of allylic oxidation sites excluding steroid dienone is 1. The van der Waals surface area contributed by atoms with Crippen molar-refractivity contribution in [2.24, 2.45) is 17.8 Å². The lowest BCUT2D eigenvalue weighted by Gasteiger charge is -2.39. The standard InChI is InChI=1S/C26H36N2O6/c1-2-31-26-20(4-3-13-29)21(19-6-7-19)15-24(34-26)25(30)28-11-9-27(10-12-28)16-18-5-8-22-23(14-18)33-17-32-22/h5,8,14-15,19-21,26,29H,2-4,6-7,9-13,16-17H2,1H3/t20-,21+,26+/m1/s1. The summed E-state index contributed by atoms with van der Waals surface area (Å²) in [4.78, 5) is 17.7. The number of carbonyl (C=O) groups excluding carboxylic acids is 1. The number of aliphatic hydroxyl groups is 1. The Hall–Kier alpha value is -2.29. The molecule has 3 heterocycles. The van der Waals surface area contributed by atoms with Crippen molar-refractivity contribution in [3.8, 4) is 11.5 Å². The van der Waals surface area contributed by atoms with Crippen LogP contribution in [0.25, 0.3) is 0 Å². The van der Waals surface area contributed by atoms with E-state index in [0.29, 0.717) is 31.4 Å². The smallest absolute Gasteiger partial charge is 0.288 e. The average molecular weight is 473 g/mol. The summed E-state index contributed by atoms with van der Waals surface area (Å²) in [5, 5.41) is 9.35. The number of piperazine rings is 1. The van der Waals surface area contributed by atoms with Gasteiger partial charge < -0.3 is 29.0 Å². The number of hydrogen-bond acceptors (Lipinski definition) is 7. The van der Waals surface area contributed by atoms with Crippen LogP contribution in [0.1, 0.15) is 38.2 Å². The van der Waals surface area contributed by atoms with Gasteiger partial charge in [-0.1, -0.05) is 6.07 Å². The highest BCUT2D eigenvalue weighted by Gasteiger charge is 2.44. The number of rotatable bonds is 9. The Balaban J connectivity index is 1.20. The van der Waals surface area contributed by atoms with Crippen LogP contribution < -0.4 is 9.47 Å². The van der Waals surface area contributed by atoms with Crippen LogP contribution in [0.15, 0.2) is 30.0 Å². The summed E-state index contributed by atoms with van der Waals surface area (Å²) >= 11 is 0. The maximum atomic E-state index is 13.4. The van der Waals surface area contributed by atoms with E-state index in [4.69, 9.17) is 18.9 Å². The number of ether oxygens (including phenoxy) is 4. The molecule has 1 aromatic rings. The van der Waals surface area contributed by atoms with Crippen molar-refractivity contribution in [3.05, 3.63) is 35.6 Å². The summed E-state index contributed by atoms with van der Waals surface area (Å²) in [5.74, 6) is 3.08. The highest BCUT2D eigenvalue weighted by Crippen LogP contribution is 2.47. The van der Waals surface area contributed by atoms with Crippen LogP contribution in [0.4, 0.5) is 0 Å². The van der Waals surface area contributed by atoms with Crippen molar-refractivity contribution in [2.45, 2.75) is 45.4 Å². The molecule has 1 saturated carbocycles. The SMILES string of the molecule is CCO[C@H]1OC(C(=O)N2CCN(Cc3ccc4c(c3)OCO4)CC2)=C[C@@H](C2CC2)[C@H]1CCCO. The molecule has 0 aromatic heterocycles. The number of carbonyl (C=O) groups is 1. The molecule has 34 heavy (non-hydrogen) atoms. The lowest BCUT2D eigenvalue weighted by molar-refractivity contribution is -0.177. The fourth-order valence-corrected chi connectivity index (χ4v) is 5.36. The first-order valence-corrected chi connectivity index (χ1v) is 12.7. The minimum Gasteiger partial charge on any atom is -0.459 e. The molecule has 1 aromatic carbocycles. The summed E-state index contributed by atoms with van der Waals surface area (Å²) in [7, 11) is 0. The predicted octanol–water partition coefficient (Wildman–Crippen LogP) is 2.75. The molecule has 0 unspecified atom stereocenters. The highest BCUT2D eigenvalue weighted by atomic mass is 16.7. The molecule has 5 rings (SSSR count). The molecule has 1 amide bonds. The summed E-state index contributed by atoms with van der Waals surface area (Å²) < 4.78 is 23.0. The van der Waals surface area contributed by atoms with Gasteiger partial charge in [-0.15, -0.1) is 0 Å². The molecule has 8 heteroatoms. The number of nitrogens with zero attached hydrogens (tertiary/aromatic N) is 2. The predicted molar refractivity (Wildman–Crippen MR) is 125 cm³/mol. The molecule has 1 aliphatic carbocycles. The minimum atomic E-state index is -0.418. The third kappa shape index (κ3) is 5.19. The van der Waals surface area contributed by atoms with Gasteiger partial charge >= 0.3 is 0 Å². The van der Waals surface area contributed by atoms with Gasteiger partial charge in [0.1, 0.15) is 0 Å². The maximum Gasteiger partial charge on any atom is 0.288 e. The number of hydrogen-bond donors (Lipinski definition) is 1. The molecule has 3 atom stereocenters. The van der Waals surface area contributed by atoms with E-state index in [-0.39, 0.29) is 31.1 Å². The second-order valence-corrected chi connectivity index (χ2v) is 9.67. The van der Waals surface area contributed by atoms with Crippen LogP contribution in [0.3, 0.4) is 0 Å². The topological polar surface area (TPSA) is 80.7 Å². The number of benzene rings is 1. The zero-order chi connectivity index (χ0) is 23.5. The summed E-state index contributed by atoms with van der Waals surface area (Å²) in [6.07, 6.45) is 5.60. The summed E-state index contributed by atoms with van der Waals surface area (Å²) in [6, 6.07) is 6.08. The van der Waals surface area contributed by atoms with Crippen molar-refractivity contribution >= 4 is 5.91 Å². The van der Waals surface area contributed by atoms with Crippen molar-refractivity contribution < 1.29 is 28.8 Å². The lowest BCUT2D eigenvalue weighted by atomic mass is 9.82. The number of amides is 1. The Morgan fingerprint density at radius 3 is 2.68 bits per heavy atom. The van der Waals surface area contributed by atoms with Crippen molar-refractivity contribution in [1.29, 1.82) is 0 Å². The van der Waals surface area contributed by atoms with E-state index in [1.807, 2.05) is 24.0 Å². The molecule has 4 aliphatic rings. The Bertz CT molecular complexity index is 893. The molecule has 0 bridgehead atoms. The zero-order valence-corrected chi connectivity index (χ0v) is 20.0.